The number of anilines is 1. The van der Waals surface area contributed by atoms with Crippen LogP contribution in [0.2, 0.25) is 0 Å². The van der Waals surface area contributed by atoms with Gasteiger partial charge in [0.15, 0.2) is 5.11 Å². The molecule has 0 aromatic heterocycles. The van der Waals surface area contributed by atoms with E-state index in [4.69, 9.17) is 12.2 Å². The van der Waals surface area contributed by atoms with Crippen LogP contribution in [0.3, 0.4) is 0 Å². The van der Waals surface area contributed by atoms with Crippen molar-refractivity contribution in [1.82, 2.24) is 5.32 Å². The van der Waals surface area contributed by atoms with Crippen LogP contribution in [-0.2, 0) is 6.42 Å². The first-order valence-corrected chi connectivity index (χ1v) is 9.23. The van der Waals surface area contributed by atoms with Gasteiger partial charge in [-0.3, -0.25) is 0 Å². The minimum absolute atomic E-state index is 0.293. The molecule has 4 saturated carbocycles. The van der Waals surface area contributed by atoms with Gasteiger partial charge in [-0.15, -0.1) is 0 Å². The van der Waals surface area contributed by atoms with Crippen LogP contribution in [0.4, 0.5) is 5.69 Å². The Bertz CT molecular complexity index is 545. The molecule has 1 aromatic rings. The van der Waals surface area contributed by atoms with Crippen LogP contribution >= 0.6 is 12.2 Å². The van der Waals surface area contributed by atoms with Gasteiger partial charge in [0.1, 0.15) is 0 Å². The van der Waals surface area contributed by atoms with Gasteiger partial charge in [0, 0.05) is 11.2 Å². The molecule has 5 rings (SSSR count). The lowest BCUT2D eigenvalue weighted by atomic mass is 9.53. The molecule has 0 aliphatic heterocycles. The molecule has 4 fully saturated rings. The van der Waals surface area contributed by atoms with Crippen molar-refractivity contribution in [2.45, 2.75) is 57.4 Å². The number of hydrogen-bond donors (Lipinski definition) is 2. The van der Waals surface area contributed by atoms with Crippen LogP contribution < -0.4 is 10.6 Å². The third-order valence-corrected chi connectivity index (χ3v) is 6.21. The standard InChI is InChI=1S/C19H26N2S/c1-2-13-4-3-5-17(9-13)20-18(22)21-19-10-14-6-15(11-19)8-16(7-14)12-19/h3-5,9,14-16H,2,6-8,10-12H2,1H3,(H2,20,21,22). The van der Waals surface area contributed by atoms with E-state index in [9.17, 15) is 0 Å². The maximum Gasteiger partial charge on any atom is 0.171 e. The van der Waals surface area contributed by atoms with Gasteiger partial charge in [-0.2, -0.15) is 0 Å². The number of aryl methyl sites for hydroxylation is 1. The highest BCUT2D eigenvalue weighted by atomic mass is 32.1. The minimum Gasteiger partial charge on any atom is -0.357 e. The van der Waals surface area contributed by atoms with Crippen molar-refractivity contribution in [3.8, 4) is 0 Å². The first-order valence-electron chi connectivity index (χ1n) is 8.82. The van der Waals surface area contributed by atoms with Gasteiger partial charge in [-0.1, -0.05) is 19.1 Å². The average molecular weight is 314 g/mol. The normalized spacial score (nSPS) is 35.4. The Kier molecular flexibility index (Phi) is 3.64. The number of thiocarbonyl (C=S) groups is 1. The van der Waals surface area contributed by atoms with E-state index in [1.165, 1.54) is 44.1 Å². The molecular weight excluding hydrogens is 288 g/mol. The van der Waals surface area contributed by atoms with Crippen LogP contribution in [-0.4, -0.2) is 10.7 Å². The summed E-state index contributed by atoms with van der Waals surface area (Å²) in [7, 11) is 0. The fraction of sp³-hybridized carbons (Fsp3) is 0.632. The molecule has 4 aliphatic carbocycles. The van der Waals surface area contributed by atoms with Crippen molar-refractivity contribution in [3.05, 3.63) is 29.8 Å². The molecule has 0 spiro atoms. The number of hydrogen-bond acceptors (Lipinski definition) is 1. The van der Waals surface area contributed by atoms with Crippen molar-refractivity contribution in [2.24, 2.45) is 17.8 Å². The van der Waals surface area contributed by atoms with E-state index in [1.807, 2.05) is 0 Å². The summed E-state index contributed by atoms with van der Waals surface area (Å²) in [6.45, 7) is 2.19. The molecule has 22 heavy (non-hydrogen) atoms. The molecular formula is C19H26N2S. The van der Waals surface area contributed by atoms with E-state index >= 15 is 0 Å². The Morgan fingerprint density at radius 3 is 2.36 bits per heavy atom. The molecule has 2 nitrogen and oxygen atoms in total. The smallest absolute Gasteiger partial charge is 0.171 e. The molecule has 1 aromatic carbocycles. The molecule has 0 unspecified atom stereocenters. The maximum atomic E-state index is 5.63. The Morgan fingerprint density at radius 1 is 1.14 bits per heavy atom. The second-order valence-electron chi connectivity index (χ2n) is 7.83. The highest BCUT2D eigenvalue weighted by molar-refractivity contribution is 7.80. The van der Waals surface area contributed by atoms with Gasteiger partial charge >= 0.3 is 0 Å². The first kappa shape index (κ1) is 14.5. The van der Waals surface area contributed by atoms with Gasteiger partial charge in [0.05, 0.1) is 0 Å². The molecule has 3 heteroatoms. The second-order valence-corrected chi connectivity index (χ2v) is 8.24. The van der Waals surface area contributed by atoms with Gasteiger partial charge in [-0.25, -0.2) is 0 Å². The molecule has 0 radical (unpaired) electrons. The molecule has 4 bridgehead atoms. The zero-order valence-corrected chi connectivity index (χ0v) is 14.2. The summed E-state index contributed by atoms with van der Waals surface area (Å²) in [6, 6.07) is 8.58. The molecule has 0 saturated heterocycles. The first-order chi connectivity index (χ1) is 10.6. The fourth-order valence-corrected chi connectivity index (χ4v) is 5.87. The van der Waals surface area contributed by atoms with Gasteiger partial charge < -0.3 is 10.6 Å². The highest BCUT2D eigenvalue weighted by Crippen LogP contribution is 2.55. The van der Waals surface area contributed by atoms with Crippen LogP contribution in [0, 0.1) is 17.8 Å². The fourth-order valence-electron chi connectivity index (χ4n) is 5.54. The summed E-state index contributed by atoms with van der Waals surface area (Å²) in [6.07, 6.45) is 9.46. The quantitative estimate of drug-likeness (QED) is 0.803. The van der Waals surface area contributed by atoms with Crippen LogP contribution in [0.5, 0.6) is 0 Å². The SMILES string of the molecule is CCc1cccc(NC(=S)NC23CC4CC(CC(C4)C2)C3)c1. The average Bonchev–Trinajstić information content (AvgIpc) is 2.45. The molecule has 0 atom stereocenters. The minimum atomic E-state index is 0.293. The van der Waals surface area contributed by atoms with Gasteiger partial charge in [0.2, 0.25) is 0 Å². The Hall–Kier alpha value is -1.09. The van der Waals surface area contributed by atoms with Crippen molar-refractivity contribution in [3.63, 3.8) is 0 Å². The summed E-state index contributed by atoms with van der Waals surface area (Å²) in [5.41, 5.74) is 2.76. The van der Waals surface area contributed by atoms with Crippen molar-refractivity contribution in [1.29, 1.82) is 0 Å². The van der Waals surface area contributed by atoms with Crippen LogP contribution in [0.1, 0.15) is 51.0 Å². The lowest BCUT2D eigenvalue weighted by Crippen LogP contribution is -2.60. The van der Waals surface area contributed by atoms with Crippen LogP contribution in [0.15, 0.2) is 24.3 Å². The summed E-state index contributed by atoms with van der Waals surface area (Å²) in [5.74, 6) is 2.85. The number of rotatable bonds is 3. The predicted molar refractivity (Wildman–Crippen MR) is 96.1 cm³/mol. The van der Waals surface area contributed by atoms with Gasteiger partial charge in [0.25, 0.3) is 0 Å². The lowest BCUT2D eigenvalue weighted by molar-refractivity contribution is -0.00972. The van der Waals surface area contributed by atoms with Gasteiger partial charge in [-0.05, 0) is 92.6 Å². The highest BCUT2D eigenvalue weighted by Gasteiger charge is 2.51. The number of nitrogens with one attached hydrogen (secondary N) is 2. The Balaban J connectivity index is 1.43. The maximum absolute atomic E-state index is 5.63. The summed E-state index contributed by atoms with van der Waals surface area (Å²) in [5, 5.41) is 7.96. The molecule has 0 amide bonds. The topological polar surface area (TPSA) is 24.1 Å². The largest absolute Gasteiger partial charge is 0.357 e. The molecule has 118 valence electrons. The summed E-state index contributed by atoms with van der Waals surface area (Å²) < 4.78 is 0. The van der Waals surface area contributed by atoms with Crippen molar-refractivity contribution >= 4 is 23.0 Å². The van der Waals surface area contributed by atoms with Crippen molar-refractivity contribution < 1.29 is 0 Å². The summed E-state index contributed by atoms with van der Waals surface area (Å²) in [4.78, 5) is 0. The van der Waals surface area contributed by atoms with E-state index in [-0.39, 0.29) is 0 Å². The Labute approximate surface area is 139 Å². The van der Waals surface area contributed by atoms with E-state index in [2.05, 4.69) is 41.8 Å². The van der Waals surface area contributed by atoms with E-state index in [1.54, 1.807) is 0 Å². The van der Waals surface area contributed by atoms with E-state index in [0.717, 1.165) is 35.0 Å². The monoisotopic (exact) mass is 314 g/mol. The van der Waals surface area contributed by atoms with Crippen molar-refractivity contribution in [2.75, 3.05) is 5.32 Å². The molecule has 2 N–H and O–H groups in total. The zero-order valence-electron chi connectivity index (χ0n) is 13.4. The predicted octanol–water partition coefficient (Wildman–Crippen LogP) is 4.50. The second kappa shape index (κ2) is 5.52. The third kappa shape index (κ3) is 2.76. The molecule has 0 heterocycles. The summed E-state index contributed by atoms with van der Waals surface area (Å²) >= 11 is 5.63. The number of benzene rings is 1. The van der Waals surface area contributed by atoms with E-state index in [0.29, 0.717) is 5.54 Å². The van der Waals surface area contributed by atoms with Crippen LogP contribution in [0.25, 0.3) is 0 Å². The zero-order chi connectivity index (χ0) is 15.2. The molecule has 4 aliphatic rings. The lowest BCUT2D eigenvalue weighted by Gasteiger charge is -2.57. The third-order valence-electron chi connectivity index (χ3n) is 6.01. The Morgan fingerprint density at radius 2 is 1.77 bits per heavy atom. The van der Waals surface area contributed by atoms with E-state index < -0.39 is 0 Å².